The van der Waals surface area contributed by atoms with E-state index < -0.39 is 96.9 Å². The van der Waals surface area contributed by atoms with E-state index in [4.69, 9.17) is 42.6 Å². The first-order valence-electron chi connectivity index (χ1n) is 13.6. The Morgan fingerprint density at radius 1 is 0.791 bits per heavy atom. The van der Waals surface area contributed by atoms with Gasteiger partial charge < -0.3 is 47.9 Å². The molecule has 1 N–H and O–H groups in total. The van der Waals surface area contributed by atoms with E-state index in [0.717, 1.165) is 20.8 Å². The van der Waals surface area contributed by atoms with E-state index in [9.17, 15) is 24.0 Å². The van der Waals surface area contributed by atoms with E-state index in [2.05, 4.69) is 10.3 Å². The molecule has 10 atom stereocenters. The van der Waals surface area contributed by atoms with Crippen LogP contribution in [0.25, 0.3) is 0 Å². The number of rotatable bonds is 8. The predicted molar refractivity (Wildman–Crippen MR) is 143 cm³/mol. The van der Waals surface area contributed by atoms with Crippen molar-refractivity contribution in [1.82, 2.24) is 5.32 Å². The maximum atomic E-state index is 12.1. The van der Waals surface area contributed by atoms with E-state index >= 15 is 0 Å². The van der Waals surface area contributed by atoms with Crippen molar-refractivity contribution in [3.63, 3.8) is 0 Å². The standard InChI is InChI=1S/C26H36N2O14S/c1-10(29)34-8-16-18(35-11(2)30)20(37-13(4)32)21(38-14(5)33)23(39-16)28-25-27-15(9-43-25)17-19(36-12(3)31)22-24(40-17)42-26(6,7)41-22/h15-24H,8-9H2,1-7H3,(H,27,28)/t15-,16-,17-,18-,19+,20+,21-,22-,23-,24-/m1/s1. The number of carbonyl (C=O) groups is 5. The summed E-state index contributed by atoms with van der Waals surface area (Å²) in [7, 11) is 0. The van der Waals surface area contributed by atoms with Crippen molar-refractivity contribution in [3.05, 3.63) is 0 Å². The number of nitrogens with one attached hydrogen (secondary N) is 1. The lowest BCUT2D eigenvalue weighted by Crippen LogP contribution is -2.62. The fraction of sp³-hybridized carbons (Fsp3) is 0.769. The maximum Gasteiger partial charge on any atom is 0.303 e. The molecule has 0 aromatic heterocycles. The molecular weight excluding hydrogens is 596 g/mol. The largest absolute Gasteiger partial charge is 0.463 e. The lowest BCUT2D eigenvalue weighted by Gasteiger charge is -2.43. The fourth-order valence-electron chi connectivity index (χ4n) is 5.24. The van der Waals surface area contributed by atoms with Gasteiger partial charge >= 0.3 is 29.8 Å². The van der Waals surface area contributed by atoms with Gasteiger partial charge in [0.05, 0.1) is 6.04 Å². The third-order valence-corrected chi connectivity index (χ3v) is 7.67. The van der Waals surface area contributed by atoms with Gasteiger partial charge in [0.2, 0.25) is 0 Å². The molecule has 240 valence electrons. The summed E-state index contributed by atoms with van der Waals surface area (Å²) in [6.07, 6.45) is -9.23. The minimum Gasteiger partial charge on any atom is -0.463 e. The zero-order valence-electron chi connectivity index (χ0n) is 24.8. The van der Waals surface area contributed by atoms with Crippen molar-refractivity contribution in [3.8, 4) is 0 Å². The van der Waals surface area contributed by atoms with Gasteiger partial charge in [-0.3, -0.25) is 24.0 Å². The van der Waals surface area contributed by atoms with Crippen LogP contribution >= 0.6 is 11.8 Å². The number of nitrogens with zero attached hydrogens (tertiary/aromatic N) is 1. The van der Waals surface area contributed by atoms with Crippen molar-refractivity contribution in [2.24, 2.45) is 4.99 Å². The molecule has 43 heavy (non-hydrogen) atoms. The third-order valence-electron chi connectivity index (χ3n) is 6.64. The molecule has 0 amide bonds. The second-order valence-corrected chi connectivity index (χ2v) is 11.7. The molecule has 4 rings (SSSR count). The molecular formula is C26H36N2O14S. The van der Waals surface area contributed by atoms with Gasteiger partial charge in [-0.15, -0.1) is 0 Å². The Morgan fingerprint density at radius 2 is 1.37 bits per heavy atom. The Labute approximate surface area is 251 Å². The zero-order chi connectivity index (χ0) is 31.6. The number of aliphatic imine (C=N–C) groups is 1. The number of amidine groups is 1. The number of thioether (sulfide) groups is 1. The summed E-state index contributed by atoms with van der Waals surface area (Å²) in [6, 6.07) is -0.417. The highest BCUT2D eigenvalue weighted by molar-refractivity contribution is 8.14. The second-order valence-electron chi connectivity index (χ2n) is 10.7. The molecule has 0 aromatic rings. The van der Waals surface area contributed by atoms with Crippen LogP contribution in [0.2, 0.25) is 0 Å². The predicted octanol–water partition coefficient (Wildman–Crippen LogP) is -0.0614. The Hall–Kier alpha value is -2.99. The lowest BCUT2D eigenvalue weighted by atomic mass is 9.97. The van der Waals surface area contributed by atoms with Crippen molar-refractivity contribution < 1.29 is 66.6 Å². The van der Waals surface area contributed by atoms with Crippen LogP contribution in [0.4, 0.5) is 0 Å². The van der Waals surface area contributed by atoms with Gasteiger partial charge in [-0.25, -0.2) is 4.99 Å². The maximum absolute atomic E-state index is 12.1. The van der Waals surface area contributed by atoms with E-state index in [1.54, 1.807) is 13.8 Å². The number of ether oxygens (including phenoxy) is 9. The number of hydrogen-bond donors (Lipinski definition) is 1. The van der Waals surface area contributed by atoms with Crippen LogP contribution in [0, 0.1) is 0 Å². The van der Waals surface area contributed by atoms with Gasteiger partial charge in [0.1, 0.15) is 18.8 Å². The summed E-state index contributed by atoms with van der Waals surface area (Å²) in [5, 5.41) is 3.56. The topological polar surface area (TPSA) is 193 Å². The average molecular weight is 633 g/mol. The molecule has 0 aliphatic carbocycles. The highest BCUT2D eigenvalue weighted by Crippen LogP contribution is 2.41. The molecule has 0 spiro atoms. The zero-order valence-corrected chi connectivity index (χ0v) is 25.6. The van der Waals surface area contributed by atoms with Crippen LogP contribution in [0.5, 0.6) is 0 Å². The van der Waals surface area contributed by atoms with E-state index in [0.29, 0.717) is 10.9 Å². The molecule has 0 aromatic carbocycles. The van der Waals surface area contributed by atoms with Crippen LogP contribution in [0.15, 0.2) is 4.99 Å². The van der Waals surface area contributed by atoms with Crippen molar-refractivity contribution in [1.29, 1.82) is 0 Å². The molecule has 16 nitrogen and oxygen atoms in total. The van der Waals surface area contributed by atoms with Gasteiger partial charge in [0, 0.05) is 40.4 Å². The van der Waals surface area contributed by atoms with Crippen LogP contribution in [0.1, 0.15) is 48.5 Å². The minimum absolute atomic E-state index is 0.343. The first kappa shape index (κ1) is 32.9. The van der Waals surface area contributed by atoms with E-state index in [1.165, 1.54) is 25.6 Å². The van der Waals surface area contributed by atoms with Crippen LogP contribution < -0.4 is 5.32 Å². The molecule has 0 radical (unpaired) electrons. The third kappa shape index (κ3) is 8.14. The number of hydrogen-bond acceptors (Lipinski definition) is 16. The summed E-state index contributed by atoms with van der Waals surface area (Å²) in [5.74, 6) is -3.85. The smallest absolute Gasteiger partial charge is 0.303 e. The molecule has 0 saturated carbocycles. The Kier molecular flexibility index (Phi) is 10.2. The van der Waals surface area contributed by atoms with Crippen molar-refractivity contribution in [2.75, 3.05) is 12.4 Å². The molecule has 0 bridgehead atoms. The quantitative estimate of drug-likeness (QED) is 0.276. The van der Waals surface area contributed by atoms with Gasteiger partial charge in [-0.05, 0) is 13.8 Å². The molecule has 17 heteroatoms. The molecule has 4 aliphatic rings. The van der Waals surface area contributed by atoms with Crippen LogP contribution in [-0.2, 0) is 66.6 Å². The monoisotopic (exact) mass is 632 g/mol. The van der Waals surface area contributed by atoms with Crippen molar-refractivity contribution >= 4 is 46.8 Å². The molecule has 4 heterocycles. The first-order chi connectivity index (χ1) is 20.1. The number of carbonyl (C=O) groups excluding carboxylic acids is 5. The second kappa shape index (κ2) is 13.3. The van der Waals surface area contributed by atoms with Crippen molar-refractivity contribution in [2.45, 2.75) is 116 Å². The molecule has 4 fully saturated rings. The van der Waals surface area contributed by atoms with Gasteiger partial charge in [-0.2, -0.15) is 0 Å². The van der Waals surface area contributed by atoms with Gasteiger partial charge in [0.15, 0.2) is 54.0 Å². The minimum atomic E-state index is -1.35. The highest BCUT2D eigenvalue weighted by atomic mass is 32.2. The fourth-order valence-corrected chi connectivity index (χ4v) is 6.26. The molecule has 4 saturated heterocycles. The van der Waals surface area contributed by atoms with E-state index in [-0.39, 0.29) is 6.61 Å². The summed E-state index contributed by atoms with van der Waals surface area (Å²) in [4.78, 5) is 64.2. The van der Waals surface area contributed by atoms with Gasteiger partial charge in [-0.1, -0.05) is 11.8 Å². The molecule has 4 aliphatic heterocycles. The SMILES string of the molecule is CC(=O)OC[C@H]1O[C@@H](/N=C2/N[C@@H]([C@H]3O[C@@H]4OC(C)(C)O[C@@H]4[C@H]3OC(C)=O)CS2)[C@H](OC(C)=O)[C@@H](OC(C)=O)[C@@H]1OC(C)=O. The summed E-state index contributed by atoms with van der Waals surface area (Å²) >= 11 is 1.28. The van der Waals surface area contributed by atoms with Crippen LogP contribution in [0.3, 0.4) is 0 Å². The van der Waals surface area contributed by atoms with Crippen LogP contribution in [-0.4, -0.2) is 114 Å². The Morgan fingerprint density at radius 3 is 1.98 bits per heavy atom. The number of fused-ring (bicyclic) bond motifs is 1. The highest BCUT2D eigenvalue weighted by Gasteiger charge is 2.59. The lowest BCUT2D eigenvalue weighted by molar-refractivity contribution is -0.250. The van der Waals surface area contributed by atoms with Gasteiger partial charge in [0.25, 0.3) is 0 Å². The first-order valence-corrected chi connectivity index (χ1v) is 14.6. The number of esters is 5. The Balaban J connectivity index is 1.59. The van der Waals surface area contributed by atoms with E-state index in [1.807, 2.05) is 0 Å². The molecule has 0 unspecified atom stereocenters. The summed E-state index contributed by atoms with van der Waals surface area (Å²) in [6.45, 7) is 8.99. The average Bonchev–Trinajstić information content (AvgIpc) is 3.53. The summed E-state index contributed by atoms with van der Waals surface area (Å²) < 4.78 is 50.9. The summed E-state index contributed by atoms with van der Waals surface area (Å²) in [5.41, 5.74) is 0. The Bertz CT molecular complexity index is 1150. The normalized spacial score (nSPS) is 37.1.